The molecule has 1 unspecified atom stereocenters. The fourth-order valence-corrected chi connectivity index (χ4v) is 4.94. The molecule has 0 radical (unpaired) electrons. The first-order chi connectivity index (χ1) is 13.9. The third-order valence-electron chi connectivity index (χ3n) is 6.38. The van der Waals surface area contributed by atoms with Crippen molar-refractivity contribution >= 4 is 22.8 Å². The molecule has 0 bridgehead atoms. The normalized spacial score (nSPS) is 21.0. The third kappa shape index (κ3) is 2.98. The van der Waals surface area contributed by atoms with E-state index in [1.807, 2.05) is 61.3 Å². The third-order valence-corrected chi connectivity index (χ3v) is 6.38. The zero-order chi connectivity index (χ0) is 20.2. The maximum atomic E-state index is 13.3. The largest absolute Gasteiger partial charge is 0.461 e. The molecule has 1 fully saturated rings. The molecule has 1 saturated heterocycles. The van der Waals surface area contributed by atoms with Gasteiger partial charge in [0.15, 0.2) is 0 Å². The molecule has 150 valence electrons. The average Bonchev–Trinajstić information content (AvgIpc) is 3.26. The van der Waals surface area contributed by atoms with E-state index in [1.54, 1.807) is 0 Å². The Balaban J connectivity index is 1.45. The summed E-state index contributed by atoms with van der Waals surface area (Å²) in [6.45, 7) is 3.45. The van der Waals surface area contributed by atoms with Gasteiger partial charge in [0.05, 0.1) is 5.69 Å². The number of rotatable bonds is 2. The number of hydrogen-bond donors (Lipinski definition) is 0. The molecule has 6 heteroatoms. The first kappa shape index (κ1) is 18.2. The number of carbonyl (C=O) groups is 1. The predicted octanol–water partition coefficient (Wildman–Crippen LogP) is 3.72. The van der Waals surface area contributed by atoms with E-state index in [-0.39, 0.29) is 11.3 Å². The second-order valence-electron chi connectivity index (χ2n) is 8.66. The Labute approximate surface area is 170 Å². The molecule has 1 spiro atoms. The van der Waals surface area contributed by atoms with Crippen LogP contribution in [0.25, 0.3) is 11.0 Å². The standard InChI is InChI=1S/C23H26N4O2/c1-15-11-18-12-16(5-6-19(18)29-15)21(28)27-10-4-8-23(14-27)9-7-17-13-24-22(26(2)3)25-20(17)23/h5-6,11-13H,4,7-10,14H2,1-3H3. The number of fused-ring (bicyclic) bond motifs is 3. The Morgan fingerprint density at radius 3 is 2.93 bits per heavy atom. The lowest BCUT2D eigenvalue weighted by molar-refractivity contribution is 0.0633. The molecule has 0 saturated carbocycles. The number of hydrogen-bond acceptors (Lipinski definition) is 5. The number of carbonyl (C=O) groups excluding carboxylic acids is 1. The summed E-state index contributed by atoms with van der Waals surface area (Å²) in [6, 6.07) is 7.71. The van der Waals surface area contributed by atoms with Crippen LogP contribution in [0.1, 0.15) is 46.6 Å². The number of anilines is 1. The van der Waals surface area contributed by atoms with Crippen LogP contribution in [0.15, 0.2) is 34.9 Å². The van der Waals surface area contributed by atoms with Gasteiger partial charge in [-0.25, -0.2) is 9.97 Å². The molecule has 6 nitrogen and oxygen atoms in total. The van der Waals surface area contributed by atoms with E-state index >= 15 is 0 Å². The van der Waals surface area contributed by atoms with Crippen LogP contribution in [0.2, 0.25) is 0 Å². The van der Waals surface area contributed by atoms with Gasteiger partial charge in [0, 0.05) is 49.7 Å². The van der Waals surface area contributed by atoms with E-state index in [0.717, 1.165) is 72.7 Å². The lowest BCUT2D eigenvalue weighted by Crippen LogP contribution is -2.48. The van der Waals surface area contributed by atoms with Crippen LogP contribution in [-0.2, 0) is 11.8 Å². The van der Waals surface area contributed by atoms with Gasteiger partial charge in [-0.1, -0.05) is 0 Å². The number of aromatic nitrogens is 2. The highest BCUT2D eigenvalue weighted by molar-refractivity contribution is 5.98. The van der Waals surface area contributed by atoms with Crippen molar-refractivity contribution in [1.29, 1.82) is 0 Å². The van der Waals surface area contributed by atoms with Crippen LogP contribution in [0.4, 0.5) is 5.95 Å². The highest BCUT2D eigenvalue weighted by atomic mass is 16.3. The van der Waals surface area contributed by atoms with E-state index in [2.05, 4.69) is 4.98 Å². The summed E-state index contributed by atoms with van der Waals surface area (Å²) < 4.78 is 5.65. The van der Waals surface area contributed by atoms with Gasteiger partial charge in [-0.2, -0.15) is 0 Å². The molecule has 1 aliphatic heterocycles. The zero-order valence-electron chi connectivity index (χ0n) is 17.2. The van der Waals surface area contributed by atoms with Crippen LogP contribution in [0.5, 0.6) is 0 Å². The SMILES string of the molecule is Cc1cc2cc(C(=O)N3CCCC4(CCc5cnc(N(C)C)nc54)C3)ccc2o1. The fraction of sp³-hybridized carbons (Fsp3) is 0.435. The number of likely N-dealkylation sites (tertiary alicyclic amines) is 1. The van der Waals surface area contributed by atoms with Crippen molar-refractivity contribution in [2.24, 2.45) is 0 Å². The zero-order valence-corrected chi connectivity index (χ0v) is 17.2. The number of amides is 1. The molecule has 1 amide bonds. The molecule has 2 aliphatic rings. The summed E-state index contributed by atoms with van der Waals surface area (Å²) in [5, 5.41) is 0.981. The van der Waals surface area contributed by atoms with Crippen LogP contribution < -0.4 is 4.90 Å². The number of benzene rings is 1. The first-order valence-electron chi connectivity index (χ1n) is 10.3. The Kier molecular flexibility index (Phi) is 4.12. The van der Waals surface area contributed by atoms with Gasteiger partial charge in [0.2, 0.25) is 5.95 Å². The summed E-state index contributed by atoms with van der Waals surface area (Å²) in [7, 11) is 3.93. The van der Waals surface area contributed by atoms with Gasteiger partial charge in [-0.15, -0.1) is 0 Å². The van der Waals surface area contributed by atoms with E-state index in [1.165, 1.54) is 5.56 Å². The monoisotopic (exact) mass is 390 g/mol. The average molecular weight is 390 g/mol. The van der Waals surface area contributed by atoms with Gasteiger partial charge in [0.25, 0.3) is 5.91 Å². The molecule has 0 N–H and O–H groups in total. The molecule has 3 aromatic rings. The highest BCUT2D eigenvalue weighted by Crippen LogP contribution is 2.44. The predicted molar refractivity (Wildman–Crippen MR) is 112 cm³/mol. The number of piperidine rings is 1. The second-order valence-corrected chi connectivity index (χ2v) is 8.66. The minimum atomic E-state index is -0.0483. The summed E-state index contributed by atoms with van der Waals surface area (Å²) in [5.74, 6) is 1.70. The highest BCUT2D eigenvalue weighted by Gasteiger charge is 2.45. The lowest BCUT2D eigenvalue weighted by atomic mass is 9.77. The topological polar surface area (TPSA) is 62.5 Å². The molecule has 29 heavy (non-hydrogen) atoms. The fourth-order valence-electron chi connectivity index (χ4n) is 4.94. The number of nitrogens with zero attached hydrogens (tertiary/aromatic N) is 4. The van der Waals surface area contributed by atoms with E-state index in [9.17, 15) is 4.79 Å². The van der Waals surface area contributed by atoms with E-state index in [4.69, 9.17) is 9.40 Å². The van der Waals surface area contributed by atoms with E-state index < -0.39 is 0 Å². The van der Waals surface area contributed by atoms with Crippen molar-refractivity contribution in [1.82, 2.24) is 14.9 Å². The number of furan rings is 1. The summed E-state index contributed by atoms with van der Waals surface area (Å²) in [6.07, 6.45) is 6.08. The molecule has 1 aliphatic carbocycles. The Morgan fingerprint density at radius 1 is 1.24 bits per heavy atom. The van der Waals surface area contributed by atoms with Crippen molar-refractivity contribution < 1.29 is 9.21 Å². The number of aryl methyl sites for hydroxylation is 2. The van der Waals surface area contributed by atoms with Crippen LogP contribution in [-0.4, -0.2) is 48.0 Å². The van der Waals surface area contributed by atoms with Crippen LogP contribution in [0, 0.1) is 6.92 Å². The van der Waals surface area contributed by atoms with Gasteiger partial charge in [-0.3, -0.25) is 4.79 Å². The second kappa shape index (κ2) is 6.58. The summed E-state index contributed by atoms with van der Waals surface area (Å²) in [4.78, 5) is 26.7. The van der Waals surface area contributed by atoms with Crippen molar-refractivity contribution in [2.75, 3.05) is 32.1 Å². The van der Waals surface area contributed by atoms with Crippen molar-refractivity contribution in [3.63, 3.8) is 0 Å². The Bertz CT molecular complexity index is 1100. The molecule has 1 aromatic carbocycles. The van der Waals surface area contributed by atoms with Gasteiger partial charge >= 0.3 is 0 Å². The van der Waals surface area contributed by atoms with Crippen LogP contribution >= 0.6 is 0 Å². The molecule has 2 aromatic heterocycles. The molecule has 1 atom stereocenters. The van der Waals surface area contributed by atoms with E-state index in [0.29, 0.717) is 0 Å². The maximum absolute atomic E-state index is 13.3. The molecule has 5 rings (SSSR count). The van der Waals surface area contributed by atoms with Crippen molar-refractivity contribution in [2.45, 2.75) is 38.0 Å². The van der Waals surface area contributed by atoms with Crippen molar-refractivity contribution in [3.05, 3.63) is 53.0 Å². The summed E-state index contributed by atoms with van der Waals surface area (Å²) >= 11 is 0. The van der Waals surface area contributed by atoms with Crippen LogP contribution in [0.3, 0.4) is 0 Å². The van der Waals surface area contributed by atoms with Gasteiger partial charge < -0.3 is 14.2 Å². The van der Waals surface area contributed by atoms with Gasteiger partial charge in [0.1, 0.15) is 11.3 Å². The smallest absolute Gasteiger partial charge is 0.253 e. The molecular weight excluding hydrogens is 364 g/mol. The Morgan fingerprint density at radius 2 is 2.10 bits per heavy atom. The van der Waals surface area contributed by atoms with Crippen molar-refractivity contribution in [3.8, 4) is 0 Å². The quantitative estimate of drug-likeness (QED) is 0.667. The van der Waals surface area contributed by atoms with Gasteiger partial charge in [-0.05, 0) is 62.4 Å². The summed E-state index contributed by atoms with van der Waals surface area (Å²) in [5.41, 5.74) is 3.89. The minimum absolute atomic E-state index is 0.0483. The molecular formula is C23H26N4O2. The molecule has 3 heterocycles. The maximum Gasteiger partial charge on any atom is 0.253 e. The minimum Gasteiger partial charge on any atom is -0.461 e. The lowest BCUT2D eigenvalue weighted by Gasteiger charge is -2.40. The Hall–Kier alpha value is -2.89. The first-order valence-corrected chi connectivity index (χ1v) is 10.3.